The molecule has 0 saturated carbocycles. The number of pyridine rings is 1. The highest BCUT2D eigenvalue weighted by molar-refractivity contribution is 7.98. The van der Waals surface area contributed by atoms with E-state index in [1.165, 1.54) is 0 Å². The molecule has 0 fully saturated rings. The lowest BCUT2D eigenvalue weighted by atomic mass is 10.1. The predicted molar refractivity (Wildman–Crippen MR) is 100 cm³/mol. The number of carbonyl (C=O) groups is 1. The van der Waals surface area contributed by atoms with E-state index >= 15 is 0 Å². The summed E-state index contributed by atoms with van der Waals surface area (Å²) in [6.45, 7) is 6.19. The zero-order valence-corrected chi connectivity index (χ0v) is 15.9. The average Bonchev–Trinajstić information content (AvgIpc) is 3.00. The smallest absolute Gasteiger partial charge is 0.231 e. The Morgan fingerprint density at radius 1 is 1.39 bits per heavy atom. The number of rotatable bonds is 6. The lowest BCUT2D eigenvalue weighted by Crippen LogP contribution is -2.32. The largest absolute Gasteiger partial charge is 0.305 e. The van der Waals surface area contributed by atoms with Gasteiger partial charge in [-0.15, -0.1) is 0 Å². The Morgan fingerprint density at radius 2 is 2.13 bits per heavy atom. The van der Waals surface area contributed by atoms with Crippen molar-refractivity contribution in [1.29, 1.82) is 0 Å². The zero-order valence-electron chi connectivity index (χ0n) is 14.2. The molecule has 1 atom stereocenters. The fourth-order valence-electron chi connectivity index (χ4n) is 2.30. The summed E-state index contributed by atoms with van der Waals surface area (Å²) in [5.41, 5.74) is 1.96. The minimum Gasteiger partial charge on any atom is -0.305 e. The van der Waals surface area contributed by atoms with E-state index in [4.69, 9.17) is 4.98 Å². The minimum atomic E-state index is -0.000968. The summed E-state index contributed by atoms with van der Waals surface area (Å²) in [6.07, 6.45) is 5.59. The number of thioether (sulfide) groups is 1. The summed E-state index contributed by atoms with van der Waals surface area (Å²) in [7, 11) is 1.85. The van der Waals surface area contributed by atoms with Crippen molar-refractivity contribution in [3.05, 3.63) is 30.2 Å². The molecule has 0 aliphatic heterocycles. The van der Waals surface area contributed by atoms with Gasteiger partial charge in [-0.2, -0.15) is 11.8 Å². The first-order chi connectivity index (χ1) is 11.0. The Labute approximate surface area is 146 Å². The van der Waals surface area contributed by atoms with E-state index in [0.29, 0.717) is 0 Å². The number of amides is 1. The topological polar surface area (TPSA) is 46.1 Å². The Hall–Kier alpha value is -1.40. The molecule has 1 unspecified atom stereocenters. The van der Waals surface area contributed by atoms with Crippen molar-refractivity contribution < 1.29 is 4.79 Å². The Morgan fingerprint density at radius 3 is 2.70 bits per heavy atom. The van der Waals surface area contributed by atoms with Crippen LogP contribution in [0.5, 0.6) is 0 Å². The van der Waals surface area contributed by atoms with Crippen LogP contribution in [0.1, 0.15) is 32.4 Å². The van der Waals surface area contributed by atoms with Crippen molar-refractivity contribution in [3.8, 4) is 10.6 Å². The number of nitrogens with zero attached hydrogens (tertiary/aromatic N) is 3. The number of hydrogen-bond acceptors (Lipinski definition) is 5. The van der Waals surface area contributed by atoms with Gasteiger partial charge in [-0.1, -0.05) is 32.1 Å². The number of carbonyl (C=O) groups excluding carboxylic acids is 1. The zero-order chi connectivity index (χ0) is 17.0. The molecule has 0 aliphatic carbocycles. The van der Waals surface area contributed by atoms with Gasteiger partial charge in [-0.3, -0.25) is 9.78 Å². The molecule has 1 amide bonds. The normalized spacial score (nSPS) is 12.4. The number of hydrogen-bond donors (Lipinski definition) is 0. The summed E-state index contributed by atoms with van der Waals surface area (Å²) >= 11 is 3.26. The molecule has 0 spiro atoms. The third-order valence-corrected chi connectivity index (χ3v) is 5.59. The molecule has 2 heterocycles. The van der Waals surface area contributed by atoms with Crippen LogP contribution in [-0.4, -0.2) is 34.9 Å². The Bertz CT molecular complexity index is 655. The monoisotopic (exact) mass is 349 g/mol. The van der Waals surface area contributed by atoms with Crippen LogP contribution < -0.4 is 4.90 Å². The average molecular weight is 350 g/mol. The van der Waals surface area contributed by atoms with Crippen molar-refractivity contribution in [2.75, 3.05) is 24.0 Å². The molecule has 23 heavy (non-hydrogen) atoms. The second-order valence-electron chi connectivity index (χ2n) is 5.86. The highest BCUT2D eigenvalue weighted by Crippen LogP contribution is 2.38. The van der Waals surface area contributed by atoms with E-state index in [1.54, 1.807) is 34.2 Å². The van der Waals surface area contributed by atoms with Crippen LogP contribution in [0.25, 0.3) is 10.6 Å². The third-order valence-electron chi connectivity index (χ3n) is 3.56. The summed E-state index contributed by atoms with van der Waals surface area (Å²) in [5, 5.41) is 1.85. The van der Waals surface area contributed by atoms with E-state index in [2.05, 4.69) is 18.8 Å². The molecule has 0 saturated heterocycles. The van der Waals surface area contributed by atoms with E-state index in [1.807, 2.05) is 38.6 Å². The summed E-state index contributed by atoms with van der Waals surface area (Å²) in [5.74, 6) is 1.23. The molecule has 124 valence electrons. The number of aromatic nitrogens is 2. The summed E-state index contributed by atoms with van der Waals surface area (Å²) < 4.78 is 0. The van der Waals surface area contributed by atoms with Gasteiger partial charge in [0.1, 0.15) is 10.0 Å². The van der Waals surface area contributed by atoms with Crippen LogP contribution in [0.4, 0.5) is 5.00 Å². The predicted octanol–water partition coefficient (Wildman–Crippen LogP) is 4.29. The van der Waals surface area contributed by atoms with Crippen LogP contribution in [0.3, 0.4) is 0 Å². The first kappa shape index (κ1) is 17.9. The molecule has 0 aliphatic rings. The van der Waals surface area contributed by atoms with Gasteiger partial charge in [0.25, 0.3) is 0 Å². The van der Waals surface area contributed by atoms with Crippen molar-refractivity contribution in [2.45, 2.75) is 26.7 Å². The van der Waals surface area contributed by atoms with E-state index in [0.717, 1.165) is 27.0 Å². The van der Waals surface area contributed by atoms with E-state index in [-0.39, 0.29) is 17.7 Å². The van der Waals surface area contributed by atoms with Crippen molar-refractivity contribution >= 4 is 34.0 Å². The number of thiazole rings is 1. The molecule has 0 bridgehead atoms. The van der Waals surface area contributed by atoms with Crippen molar-refractivity contribution in [3.63, 3.8) is 0 Å². The molecular weight excluding hydrogens is 326 g/mol. The van der Waals surface area contributed by atoms with Gasteiger partial charge >= 0.3 is 0 Å². The van der Waals surface area contributed by atoms with Crippen LogP contribution in [0, 0.1) is 5.92 Å². The Balaban J connectivity index is 2.37. The van der Waals surface area contributed by atoms with Crippen molar-refractivity contribution in [1.82, 2.24) is 9.97 Å². The summed E-state index contributed by atoms with van der Waals surface area (Å²) in [6, 6.07) is 3.90. The van der Waals surface area contributed by atoms with Gasteiger partial charge in [0.2, 0.25) is 5.91 Å². The highest BCUT2D eigenvalue weighted by atomic mass is 32.2. The maximum absolute atomic E-state index is 12.6. The van der Waals surface area contributed by atoms with E-state index in [9.17, 15) is 4.79 Å². The van der Waals surface area contributed by atoms with Crippen LogP contribution in [0.15, 0.2) is 24.5 Å². The third kappa shape index (κ3) is 4.12. The molecule has 0 aromatic carbocycles. The van der Waals surface area contributed by atoms with Crippen LogP contribution >= 0.6 is 23.1 Å². The highest BCUT2D eigenvalue weighted by Gasteiger charge is 2.25. The summed E-state index contributed by atoms with van der Waals surface area (Å²) in [4.78, 5) is 23.3. The molecule has 0 radical (unpaired) electrons. The SMILES string of the molecule is CSCC(C)C(=O)N(C)c1sc(-c2cccnc2)nc1C(C)C. The molecule has 2 aromatic rings. The minimum absolute atomic E-state index is 0.000968. The van der Waals surface area contributed by atoms with Gasteiger partial charge in [0, 0.05) is 36.7 Å². The lowest BCUT2D eigenvalue weighted by Gasteiger charge is -2.21. The van der Waals surface area contributed by atoms with Crippen molar-refractivity contribution in [2.24, 2.45) is 5.92 Å². The number of anilines is 1. The van der Waals surface area contributed by atoms with Crippen LogP contribution in [0.2, 0.25) is 0 Å². The first-order valence-corrected chi connectivity index (χ1v) is 9.84. The Kier molecular flexibility index (Phi) is 6.18. The molecule has 4 nitrogen and oxygen atoms in total. The van der Waals surface area contributed by atoms with Gasteiger partial charge in [-0.05, 0) is 24.3 Å². The standard InChI is InChI=1S/C17H23N3OS2/c1-11(2)14-17(20(4)16(21)12(3)10-22-5)23-15(19-14)13-7-6-8-18-9-13/h6-9,11-12H,10H2,1-5H3. The molecule has 2 aromatic heterocycles. The fraction of sp³-hybridized carbons (Fsp3) is 0.471. The van der Waals surface area contributed by atoms with Gasteiger partial charge in [0.15, 0.2) is 0 Å². The molecule has 0 N–H and O–H groups in total. The molecule has 6 heteroatoms. The van der Waals surface area contributed by atoms with Gasteiger partial charge < -0.3 is 4.90 Å². The second-order valence-corrected chi connectivity index (χ2v) is 7.75. The quantitative estimate of drug-likeness (QED) is 0.780. The maximum atomic E-state index is 12.6. The fourth-order valence-corrected chi connectivity index (χ4v) is 4.13. The van der Waals surface area contributed by atoms with E-state index < -0.39 is 0 Å². The first-order valence-electron chi connectivity index (χ1n) is 7.63. The van der Waals surface area contributed by atoms with Gasteiger partial charge in [-0.25, -0.2) is 4.98 Å². The molecule has 2 rings (SSSR count). The maximum Gasteiger partial charge on any atom is 0.231 e. The molecular formula is C17H23N3OS2. The van der Waals surface area contributed by atoms with Gasteiger partial charge in [0.05, 0.1) is 5.69 Å². The second kappa shape index (κ2) is 7.93. The lowest BCUT2D eigenvalue weighted by molar-refractivity contribution is -0.120. The van der Waals surface area contributed by atoms with Crippen LogP contribution in [-0.2, 0) is 4.79 Å².